The molecule has 56 heavy (non-hydrogen) atoms. The van der Waals surface area contributed by atoms with Crippen molar-refractivity contribution < 1.29 is 68.1 Å². The number of carboxylic acids is 3. The van der Waals surface area contributed by atoms with Crippen molar-refractivity contribution >= 4 is 76.8 Å². The van der Waals surface area contributed by atoms with Gasteiger partial charge in [0.2, 0.25) is 41.2 Å². The Labute approximate surface area is 327 Å². The first-order valence-corrected chi connectivity index (χ1v) is 19.1. The summed E-state index contributed by atoms with van der Waals surface area (Å²) in [6, 6.07) is -7.90. The number of carbonyl (C=O) groups excluding carboxylic acids is 8. The van der Waals surface area contributed by atoms with Crippen molar-refractivity contribution in [2.24, 2.45) is 11.8 Å². The smallest absolute Gasteiger partial charge is 0.322 e. The predicted octanol–water partition coefficient (Wildman–Crippen LogP) is -2.06. The van der Waals surface area contributed by atoms with Crippen LogP contribution in [0.2, 0.25) is 0 Å². The molecule has 6 unspecified atom stereocenters. The summed E-state index contributed by atoms with van der Waals surface area (Å²) in [5.74, 6) is -12.1. The second-order valence-corrected chi connectivity index (χ2v) is 14.8. The summed E-state index contributed by atoms with van der Waals surface area (Å²) >= 11 is 1.22. The molecular formula is C34H53N7O14S. The van der Waals surface area contributed by atoms with Crippen LogP contribution in [0.25, 0.3) is 0 Å². The SMILES string of the molecule is CCCC(NC(=O)C1CSCN1C(=O)C(NC(=O)C(NC(=O)C(CCC(=O)O)NC(=O)C(CCC(=O)O)NC(C)=O)C(C)C)C(C)C)C(=O)C(=O)NCC(=O)O. The average Bonchev–Trinajstić information content (AvgIpc) is 3.60. The topological polar surface area (TPSA) is 324 Å². The lowest BCUT2D eigenvalue weighted by Crippen LogP contribution is -2.61. The molecule has 22 heteroatoms. The molecule has 9 N–H and O–H groups in total. The first kappa shape index (κ1) is 48.7. The van der Waals surface area contributed by atoms with Crippen LogP contribution >= 0.6 is 11.8 Å². The van der Waals surface area contributed by atoms with Crippen molar-refractivity contribution in [3.63, 3.8) is 0 Å². The Hall–Kier alpha value is -5.28. The molecular weight excluding hydrogens is 762 g/mol. The third kappa shape index (κ3) is 16.2. The van der Waals surface area contributed by atoms with Crippen molar-refractivity contribution in [2.45, 2.75) is 116 Å². The standard InChI is InChI=1S/C34H53N7O14S/c1-7-8-19(28(49)33(54)35-13-25(47)48)37-31(52)22-14-56-15-41(22)34(55)27(17(4)5)40-32(53)26(16(2)3)39-30(51)21(10-12-24(45)46)38-29(50)20(36-18(6)42)9-11-23(43)44/h16-17,19-22,26-27H,7-15H2,1-6H3,(H,35,54)(H,36,42)(H,37,52)(H,38,50)(H,39,51)(H,40,53)(H,43,44)(H,45,46)(H,47,48). The van der Waals surface area contributed by atoms with E-state index >= 15 is 0 Å². The van der Waals surface area contributed by atoms with Gasteiger partial charge in [-0.25, -0.2) is 0 Å². The fourth-order valence-electron chi connectivity index (χ4n) is 5.42. The third-order valence-electron chi connectivity index (χ3n) is 8.40. The van der Waals surface area contributed by atoms with Crippen LogP contribution in [0.5, 0.6) is 0 Å². The van der Waals surface area contributed by atoms with E-state index in [2.05, 4.69) is 26.6 Å². The highest BCUT2D eigenvalue weighted by Crippen LogP contribution is 2.24. The van der Waals surface area contributed by atoms with Crippen LogP contribution in [0.3, 0.4) is 0 Å². The molecule has 21 nitrogen and oxygen atoms in total. The van der Waals surface area contributed by atoms with E-state index in [4.69, 9.17) is 10.2 Å². The van der Waals surface area contributed by atoms with Gasteiger partial charge in [-0.1, -0.05) is 41.0 Å². The van der Waals surface area contributed by atoms with Crippen molar-refractivity contribution in [1.29, 1.82) is 0 Å². The van der Waals surface area contributed by atoms with Gasteiger partial charge in [-0.15, -0.1) is 11.8 Å². The molecule has 0 spiro atoms. The van der Waals surface area contributed by atoms with E-state index in [9.17, 15) is 57.8 Å². The second-order valence-electron chi connectivity index (χ2n) is 13.8. The molecule has 1 fully saturated rings. The first-order chi connectivity index (χ1) is 26.1. The van der Waals surface area contributed by atoms with Gasteiger partial charge in [0.25, 0.3) is 5.91 Å². The van der Waals surface area contributed by atoms with Gasteiger partial charge < -0.3 is 52.1 Å². The monoisotopic (exact) mass is 815 g/mol. The molecule has 1 heterocycles. The zero-order chi connectivity index (χ0) is 42.9. The molecule has 0 bridgehead atoms. The summed E-state index contributed by atoms with van der Waals surface area (Å²) < 4.78 is 0. The fraction of sp³-hybridized carbons (Fsp3) is 0.676. The van der Waals surface area contributed by atoms with Crippen molar-refractivity contribution in [1.82, 2.24) is 36.8 Å². The second kappa shape index (κ2) is 23.6. The minimum Gasteiger partial charge on any atom is -0.481 e. The number of carboxylic acid groups (broad SMARTS) is 3. The zero-order valence-corrected chi connectivity index (χ0v) is 33.0. The number of aliphatic carboxylic acids is 3. The molecule has 1 rings (SSSR count). The molecule has 0 radical (unpaired) electrons. The highest BCUT2D eigenvalue weighted by molar-refractivity contribution is 7.99. The van der Waals surface area contributed by atoms with E-state index in [0.717, 1.165) is 6.92 Å². The molecule has 1 aliphatic rings. The molecule has 6 atom stereocenters. The lowest BCUT2D eigenvalue weighted by molar-refractivity contribution is -0.144. The molecule has 7 amide bonds. The van der Waals surface area contributed by atoms with Gasteiger partial charge in [-0.2, -0.15) is 0 Å². The molecule has 0 saturated carbocycles. The number of ketones is 1. The predicted molar refractivity (Wildman–Crippen MR) is 197 cm³/mol. The zero-order valence-electron chi connectivity index (χ0n) is 32.2. The number of carbonyl (C=O) groups is 11. The number of thioether (sulfide) groups is 1. The molecule has 1 saturated heterocycles. The van der Waals surface area contributed by atoms with Gasteiger partial charge in [0, 0.05) is 25.5 Å². The summed E-state index contributed by atoms with van der Waals surface area (Å²) in [6.07, 6.45) is -1.45. The minimum absolute atomic E-state index is 0.0305. The van der Waals surface area contributed by atoms with Crippen molar-refractivity contribution in [2.75, 3.05) is 18.2 Å². The van der Waals surface area contributed by atoms with Crippen LogP contribution < -0.4 is 31.9 Å². The number of nitrogens with zero attached hydrogens (tertiary/aromatic N) is 1. The average molecular weight is 816 g/mol. The molecule has 1 aliphatic heterocycles. The Morgan fingerprint density at radius 1 is 0.661 bits per heavy atom. The van der Waals surface area contributed by atoms with Crippen LogP contribution in [-0.2, 0) is 52.7 Å². The van der Waals surface area contributed by atoms with E-state index in [1.54, 1.807) is 34.6 Å². The van der Waals surface area contributed by atoms with Crippen LogP contribution in [0.4, 0.5) is 0 Å². The highest BCUT2D eigenvalue weighted by Gasteiger charge is 2.41. The van der Waals surface area contributed by atoms with Gasteiger partial charge in [0.15, 0.2) is 0 Å². The van der Waals surface area contributed by atoms with Gasteiger partial charge in [-0.3, -0.25) is 52.7 Å². The van der Waals surface area contributed by atoms with Crippen molar-refractivity contribution in [3.05, 3.63) is 0 Å². The molecule has 314 valence electrons. The Morgan fingerprint density at radius 2 is 1.18 bits per heavy atom. The lowest BCUT2D eigenvalue weighted by atomic mass is 9.98. The summed E-state index contributed by atoms with van der Waals surface area (Å²) in [5, 5.41) is 41.3. The number of nitrogens with one attached hydrogen (secondary N) is 6. The summed E-state index contributed by atoms with van der Waals surface area (Å²) in [5.41, 5.74) is 0. The van der Waals surface area contributed by atoms with Crippen LogP contribution in [0, 0.1) is 11.8 Å². The maximum Gasteiger partial charge on any atom is 0.322 e. The molecule has 0 aromatic rings. The van der Waals surface area contributed by atoms with Gasteiger partial charge in [0.1, 0.15) is 36.8 Å². The first-order valence-electron chi connectivity index (χ1n) is 17.9. The van der Waals surface area contributed by atoms with Gasteiger partial charge in [-0.05, 0) is 31.1 Å². The molecule has 0 aromatic heterocycles. The summed E-state index contributed by atoms with van der Waals surface area (Å²) in [7, 11) is 0. The van der Waals surface area contributed by atoms with E-state index in [0.29, 0.717) is 6.42 Å². The van der Waals surface area contributed by atoms with E-state index in [1.807, 2.05) is 5.32 Å². The summed E-state index contributed by atoms with van der Waals surface area (Å²) in [4.78, 5) is 139. The van der Waals surface area contributed by atoms with E-state index < -0.39 is 139 Å². The maximum atomic E-state index is 13.9. The normalized spacial score (nSPS) is 16.4. The van der Waals surface area contributed by atoms with Crippen molar-refractivity contribution in [3.8, 4) is 0 Å². The Kier molecular flexibility index (Phi) is 20.5. The third-order valence-corrected chi connectivity index (χ3v) is 9.41. The fourth-order valence-corrected chi connectivity index (χ4v) is 6.58. The van der Waals surface area contributed by atoms with Crippen LogP contribution in [-0.4, -0.2) is 140 Å². The largest absolute Gasteiger partial charge is 0.481 e. The Morgan fingerprint density at radius 3 is 1.66 bits per heavy atom. The minimum atomic E-state index is -1.54. The van der Waals surface area contributed by atoms with E-state index in [-0.39, 0.29) is 24.5 Å². The number of hydrogen-bond donors (Lipinski definition) is 9. The van der Waals surface area contributed by atoms with Gasteiger partial charge >= 0.3 is 17.9 Å². The van der Waals surface area contributed by atoms with E-state index in [1.165, 1.54) is 16.7 Å². The quantitative estimate of drug-likeness (QED) is 0.0474. The van der Waals surface area contributed by atoms with Crippen LogP contribution in [0.1, 0.15) is 80.1 Å². The highest BCUT2D eigenvalue weighted by atomic mass is 32.2. The lowest BCUT2D eigenvalue weighted by Gasteiger charge is -2.32. The number of Topliss-reactive ketones (excluding diaryl/α,β-unsaturated/α-hetero) is 1. The maximum absolute atomic E-state index is 13.9. The van der Waals surface area contributed by atoms with Gasteiger partial charge in [0.05, 0.1) is 11.9 Å². The number of amides is 7. The number of hydrogen-bond acceptors (Lipinski definition) is 12. The van der Waals surface area contributed by atoms with Crippen LogP contribution in [0.15, 0.2) is 0 Å². The molecule has 0 aromatic carbocycles. The Balaban J connectivity index is 3.22. The Bertz CT molecular complexity index is 1510. The molecule has 0 aliphatic carbocycles. The summed E-state index contributed by atoms with van der Waals surface area (Å²) in [6.45, 7) is 8.40. The number of rotatable bonds is 24.